The molecule has 4 heteroatoms. The maximum Gasteiger partial charge on any atom is 0.254 e. The average Bonchev–Trinajstić information content (AvgIpc) is 2.36. The molecule has 0 fully saturated rings. The molecular formula is C15H22FNO2. The van der Waals surface area contributed by atoms with Crippen LogP contribution in [0, 0.1) is 18.7 Å². The molecule has 0 spiro atoms. The highest BCUT2D eigenvalue weighted by molar-refractivity contribution is 5.94. The first kappa shape index (κ1) is 15.6. The topological polar surface area (TPSA) is 38.3 Å². The highest BCUT2D eigenvalue weighted by atomic mass is 19.1. The molecular weight excluding hydrogens is 245 g/mol. The Bertz CT molecular complexity index is 419. The Labute approximate surface area is 114 Å². The van der Waals surface area contributed by atoms with Gasteiger partial charge in [-0.2, -0.15) is 0 Å². The van der Waals surface area contributed by atoms with E-state index in [2.05, 4.69) is 19.2 Å². The monoisotopic (exact) mass is 267 g/mol. The summed E-state index contributed by atoms with van der Waals surface area (Å²) in [5.41, 5.74) is 0.968. The van der Waals surface area contributed by atoms with Gasteiger partial charge in [-0.3, -0.25) is 4.79 Å². The van der Waals surface area contributed by atoms with Crippen LogP contribution in [0.25, 0.3) is 0 Å². The number of ether oxygens (including phenoxy) is 1. The van der Waals surface area contributed by atoms with E-state index in [9.17, 15) is 9.18 Å². The third kappa shape index (κ3) is 5.83. The minimum absolute atomic E-state index is 0.100. The quantitative estimate of drug-likeness (QED) is 0.771. The highest BCUT2D eigenvalue weighted by Gasteiger charge is 2.10. The lowest BCUT2D eigenvalue weighted by Gasteiger charge is -2.08. The van der Waals surface area contributed by atoms with Crippen molar-refractivity contribution in [2.24, 2.45) is 5.92 Å². The van der Waals surface area contributed by atoms with E-state index in [4.69, 9.17) is 4.74 Å². The molecule has 1 amide bonds. The molecule has 1 N–H and O–H groups in total. The number of hydrogen-bond donors (Lipinski definition) is 1. The fourth-order valence-corrected chi connectivity index (χ4v) is 1.60. The van der Waals surface area contributed by atoms with E-state index in [0.29, 0.717) is 19.1 Å². The van der Waals surface area contributed by atoms with Crippen LogP contribution >= 0.6 is 0 Å². The van der Waals surface area contributed by atoms with Gasteiger partial charge < -0.3 is 10.1 Å². The van der Waals surface area contributed by atoms with E-state index in [0.717, 1.165) is 18.6 Å². The van der Waals surface area contributed by atoms with Crippen molar-refractivity contribution < 1.29 is 13.9 Å². The molecule has 0 bridgehead atoms. The molecule has 1 aromatic rings. The van der Waals surface area contributed by atoms with E-state index < -0.39 is 5.82 Å². The first-order valence-corrected chi connectivity index (χ1v) is 6.62. The second kappa shape index (κ2) is 7.89. The van der Waals surface area contributed by atoms with E-state index >= 15 is 0 Å². The number of carbonyl (C=O) groups is 1. The first-order chi connectivity index (χ1) is 9.00. The summed E-state index contributed by atoms with van der Waals surface area (Å²) >= 11 is 0. The van der Waals surface area contributed by atoms with Gasteiger partial charge in [-0.15, -0.1) is 0 Å². The Morgan fingerprint density at radius 1 is 1.42 bits per heavy atom. The summed E-state index contributed by atoms with van der Waals surface area (Å²) in [4.78, 5) is 11.8. The van der Waals surface area contributed by atoms with Crippen molar-refractivity contribution in [3.8, 4) is 0 Å². The minimum atomic E-state index is -0.487. The van der Waals surface area contributed by atoms with Gasteiger partial charge in [0.05, 0.1) is 5.56 Å². The van der Waals surface area contributed by atoms with Crippen LogP contribution in [0.1, 0.15) is 36.2 Å². The predicted octanol–water partition coefficient (Wildman–Crippen LogP) is 2.93. The largest absolute Gasteiger partial charge is 0.381 e. The van der Waals surface area contributed by atoms with Gasteiger partial charge in [-0.05, 0) is 31.4 Å². The summed E-state index contributed by atoms with van der Waals surface area (Å²) < 4.78 is 18.9. The molecule has 0 unspecified atom stereocenters. The van der Waals surface area contributed by atoms with Crippen molar-refractivity contribution in [2.75, 3.05) is 19.8 Å². The Balaban J connectivity index is 2.29. The van der Waals surface area contributed by atoms with Crippen LogP contribution in [0.2, 0.25) is 0 Å². The van der Waals surface area contributed by atoms with Gasteiger partial charge in [0.25, 0.3) is 5.91 Å². The molecule has 0 aliphatic rings. The number of amides is 1. The second-order valence-electron chi connectivity index (χ2n) is 5.06. The fraction of sp³-hybridized carbons (Fsp3) is 0.533. The SMILES string of the molecule is Cc1ccc(F)c(C(=O)NCCCOCC(C)C)c1. The van der Waals surface area contributed by atoms with Crippen LogP contribution < -0.4 is 5.32 Å². The molecule has 0 saturated heterocycles. The van der Waals surface area contributed by atoms with Crippen LogP contribution in [0.15, 0.2) is 18.2 Å². The molecule has 0 radical (unpaired) electrons. The number of hydrogen-bond acceptors (Lipinski definition) is 2. The standard InChI is InChI=1S/C15H22FNO2/c1-11(2)10-19-8-4-7-17-15(18)13-9-12(3)5-6-14(13)16/h5-6,9,11H,4,7-8,10H2,1-3H3,(H,17,18). The Morgan fingerprint density at radius 3 is 2.84 bits per heavy atom. The number of nitrogens with one attached hydrogen (secondary N) is 1. The van der Waals surface area contributed by atoms with Gasteiger partial charge >= 0.3 is 0 Å². The predicted molar refractivity (Wildman–Crippen MR) is 73.7 cm³/mol. The maximum absolute atomic E-state index is 13.5. The molecule has 0 aliphatic heterocycles. The van der Waals surface area contributed by atoms with Gasteiger partial charge in [0, 0.05) is 19.8 Å². The van der Waals surface area contributed by atoms with Gasteiger partial charge in [-0.1, -0.05) is 25.5 Å². The molecule has 0 atom stereocenters. The van der Waals surface area contributed by atoms with Gasteiger partial charge in [0.1, 0.15) is 5.82 Å². The molecule has 19 heavy (non-hydrogen) atoms. The lowest BCUT2D eigenvalue weighted by Crippen LogP contribution is -2.26. The lowest BCUT2D eigenvalue weighted by atomic mass is 10.1. The first-order valence-electron chi connectivity index (χ1n) is 6.62. The molecule has 1 aromatic carbocycles. The maximum atomic E-state index is 13.5. The van der Waals surface area contributed by atoms with Crippen molar-refractivity contribution in [2.45, 2.75) is 27.2 Å². The third-order valence-electron chi connectivity index (χ3n) is 2.57. The van der Waals surface area contributed by atoms with Crippen molar-refractivity contribution >= 4 is 5.91 Å². The molecule has 0 aliphatic carbocycles. The summed E-state index contributed by atoms with van der Waals surface area (Å²) in [5, 5.41) is 2.70. The summed E-state index contributed by atoms with van der Waals surface area (Å²) in [6, 6.07) is 4.52. The Morgan fingerprint density at radius 2 is 2.16 bits per heavy atom. The lowest BCUT2D eigenvalue weighted by molar-refractivity contribution is 0.0921. The minimum Gasteiger partial charge on any atom is -0.381 e. The van der Waals surface area contributed by atoms with Crippen molar-refractivity contribution in [3.63, 3.8) is 0 Å². The van der Waals surface area contributed by atoms with Gasteiger partial charge in [0.15, 0.2) is 0 Å². The molecule has 1 rings (SSSR count). The van der Waals surface area contributed by atoms with Crippen LogP contribution in [0.4, 0.5) is 4.39 Å². The zero-order chi connectivity index (χ0) is 14.3. The Kier molecular flexibility index (Phi) is 6.50. The zero-order valence-electron chi connectivity index (χ0n) is 11.8. The summed E-state index contributed by atoms with van der Waals surface area (Å²) in [6.07, 6.45) is 0.728. The van der Waals surface area contributed by atoms with E-state index in [1.165, 1.54) is 6.07 Å². The molecule has 3 nitrogen and oxygen atoms in total. The summed E-state index contributed by atoms with van der Waals surface area (Å²) in [5.74, 6) is -0.347. The third-order valence-corrected chi connectivity index (χ3v) is 2.57. The van der Waals surface area contributed by atoms with Crippen LogP contribution in [-0.4, -0.2) is 25.7 Å². The van der Waals surface area contributed by atoms with Crippen LogP contribution in [-0.2, 0) is 4.74 Å². The number of aryl methyl sites for hydroxylation is 1. The zero-order valence-corrected chi connectivity index (χ0v) is 11.8. The fourth-order valence-electron chi connectivity index (χ4n) is 1.60. The molecule has 106 valence electrons. The number of benzene rings is 1. The average molecular weight is 267 g/mol. The van der Waals surface area contributed by atoms with Crippen molar-refractivity contribution in [3.05, 3.63) is 35.1 Å². The number of carbonyl (C=O) groups excluding carboxylic acids is 1. The van der Waals surface area contributed by atoms with E-state index in [-0.39, 0.29) is 11.5 Å². The van der Waals surface area contributed by atoms with Crippen molar-refractivity contribution in [1.82, 2.24) is 5.32 Å². The molecule has 0 aromatic heterocycles. The highest BCUT2D eigenvalue weighted by Crippen LogP contribution is 2.09. The molecule has 0 heterocycles. The van der Waals surface area contributed by atoms with Crippen LogP contribution in [0.5, 0.6) is 0 Å². The molecule has 0 saturated carbocycles. The van der Waals surface area contributed by atoms with E-state index in [1.54, 1.807) is 12.1 Å². The summed E-state index contributed by atoms with van der Waals surface area (Å²) in [7, 11) is 0. The number of halogens is 1. The smallest absolute Gasteiger partial charge is 0.254 e. The van der Waals surface area contributed by atoms with Gasteiger partial charge in [-0.25, -0.2) is 4.39 Å². The summed E-state index contributed by atoms with van der Waals surface area (Å²) in [6.45, 7) is 7.82. The van der Waals surface area contributed by atoms with Crippen molar-refractivity contribution in [1.29, 1.82) is 0 Å². The van der Waals surface area contributed by atoms with Crippen LogP contribution in [0.3, 0.4) is 0 Å². The normalized spacial score (nSPS) is 10.8. The second-order valence-corrected chi connectivity index (χ2v) is 5.06. The number of rotatable bonds is 7. The Hall–Kier alpha value is -1.42. The van der Waals surface area contributed by atoms with Gasteiger partial charge in [0.2, 0.25) is 0 Å². The van der Waals surface area contributed by atoms with E-state index in [1.807, 2.05) is 6.92 Å².